The smallest absolute Gasteiger partial charge is 0.348 e. The Hall–Kier alpha value is -1.69. The first-order chi connectivity index (χ1) is 11.1. The molecule has 4 nitrogen and oxygen atoms in total. The quantitative estimate of drug-likeness (QED) is 0.729. The summed E-state index contributed by atoms with van der Waals surface area (Å²) in [7, 11) is 1.39. The number of ether oxygens (including phenoxy) is 1. The average Bonchev–Trinajstić information content (AvgIpc) is 3.07. The van der Waals surface area contributed by atoms with Gasteiger partial charge in [-0.2, -0.15) is 0 Å². The Kier molecular flexibility index (Phi) is 6.77. The summed E-state index contributed by atoms with van der Waals surface area (Å²) in [4.78, 5) is 13.2. The highest BCUT2D eigenvalue weighted by Crippen LogP contribution is 2.19. The van der Waals surface area contributed by atoms with E-state index in [2.05, 4.69) is 12.2 Å². The van der Waals surface area contributed by atoms with Gasteiger partial charge in [-0.1, -0.05) is 30.3 Å². The van der Waals surface area contributed by atoms with Crippen molar-refractivity contribution < 1.29 is 14.6 Å². The lowest BCUT2D eigenvalue weighted by molar-refractivity contribution is 0.0606. The summed E-state index contributed by atoms with van der Waals surface area (Å²) >= 11 is 1.48. The molecular weight excluding hydrogens is 310 g/mol. The number of aliphatic hydroxyl groups is 1. The van der Waals surface area contributed by atoms with Gasteiger partial charge in [0.2, 0.25) is 0 Å². The fourth-order valence-electron chi connectivity index (χ4n) is 2.29. The van der Waals surface area contributed by atoms with Gasteiger partial charge in [0, 0.05) is 17.5 Å². The second kappa shape index (κ2) is 8.82. The Bertz CT molecular complexity index is 612. The number of carbonyl (C=O) groups is 1. The molecule has 2 aromatic rings. The zero-order chi connectivity index (χ0) is 16.7. The van der Waals surface area contributed by atoms with Crippen molar-refractivity contribution in [2.24, 2.45) is 0 Å². The summed E-state index contributed by atoms with van der Waals surface area (Å²) < 4.78 is 4.71. The van der Waals surface area contributed by atoms with Crippen LogP contribution in [0.25, 0.3) is 0 Å². The van der Waals surface area contributed by atoms with Crippen LogP contribution in [0.1, 0.15) is 39.6 Å². The van der Waals surface area contributed by atoms with Crippen molar-refractivity contribution in [1.82, 2.24) is 5.32 Å². The van der Waals surface area contributed by atoms with Gasteiger partial charge in [-0.25, -0.2) is 4.79 Å². The molecule has 0 aliphatic heterocycles. The van der Waals surface area contributed by atoms with Crippen LogP contribution in [0.2, 0.25) is 0 Å². The number of thiophene rings is 1. The minimum absolute atomic E-state index is 0.279. The molecule has 5 heteroatoms. The lowest BCUT2D eigenvalue weighted by Gasteiger charge is -2.17. The Labute approximate surface area is 141 Å². The van der Waals surface area contributed by atoms with Crippen LogP contribution in [0.15, 0.2) is 42.5 Å². The van der Waals surface area contributed by atoms with Crippen molar-refractivity contribution >= 4 is 17.3 Å². The van der Waals surface area contributed by atoms with Crippen LogP contribution >= 0.6 is 11.3 Å². The van der Waals surface area contributed by atoms with Crippen LogP contribution in [0.4, 0.5) is 0 Å². The van der Waals surface area contributed by atoms with E-state index < -0.39 is 6.10 Å². The SMILES string of the molecule is COC(=O)c1ccc(CCC(C)NCC(O)c2ccccc2)s1. The molecule has 23 heavy (non-hydrogen) atoms. The van der Waals surface area contributed by atoms with E-state index in [0.717, 1.165) is 18.4 Å². The zero-order valence-electron chi connectivity index (χ0n) is 13.5. The van der Waals surface area contributed by atoms with Crippen LogP contribution in [-0.2, 0) is 11.2 Å². The van der Waals surface area contributed by atoms with Gasteiger partial charge in [0.1, 0.15) is 4.88 Å². The molecule has 124 valence electrons. The molecule has 0 aliphatic rings. The topological polar surface area (TPSA) is 58.6 Å². The summed E-state index contributed by atoms with van der Waals surface area (Å²) in [5.74, 6) is -0.279. The highest BCUT2D eigenvalue weighted by Gasteiger charge is 2.11. The number of aryl methyl sites for hydroxylation is 1. The molecular formula is C18H23NO3S. The first-order valence-electron chi connectivity index (χ1n) is 7.73. The number of benzene rings is 1. The maximum atomic E-state index is 11.4. The summed E-state index contributed by atoms with van der Waals surface area (Å²) in [6, 6.07) is 13.7. The molecule has 0 bridgehead atoms. The highest BCUT2D eigenvalue weighted by molar-refractivity contribution is 7.13. The number of hydrogen-bond acceptors (Lipinski definition) is 5. The Morgan fingerprint density at radius 1 is 1.26 bits per heavy atom. The molecule has 0 fully saturated rings. The molecule has 2 unspecified atom stereocenters. The van der Waals surface area contributed by atoms with E-state index in [1.807, 2.05) is 42.5 Å². The van der Waals surface area contributed by atoms with Crippen molar-refractivity contribution in [3.8, 4) is 0 Å². The van der Waals surface area contributed by atoms with Crippen LogP contribution in [0.3, 0.4) is 0 Å². The van der Waals surface area contributed by atoms with Gasteiger partial charge in [-0.05, 0) is 37.5 Å². The van der Waals surface area contributed by atoms with Crippen molar-refractivity contribution in [1.29, 1.82) is 0 Å². The molecule has 0 aliphatic carbocycles. The number of rotatable bonds is 8. The summed E-state index contributed by atoms with van der Waals surface area (Å²) in [5.41, 5.74) is 0.924. The number of esters is 1. The predicted octanol–water partition coefficient (Wildman–Crippen LogP) is 3.18. The minimum Gasteiger partial charge on any atom is -0.465 e. The first kappa shape index (κ1) is 17.7. The number of aliphatic hydroxyl groups excluding tert-OH is 1. The van der Waals surface area contributed by atoms with E-state index in [-0.39, 0.29) is 12.0 Å². The van der Waals surface area contributed by atoms with E-state index >= 15 is 0 Å². The van der Waals surface area contributed by atoms with E-state index in [4.69, 9.17) is 4.74 Å². The largest absolute Gasteiger partial charge is 0.465 e. The number of hydrogen-bond donors (Lipinski definition) is 2. The maximum absolute atomic E-state index is 11.4. The van der Waals surface area contributed by atoms with Crippen LogP contribution < -0.4 is 5.32 Å². The Morgan fingerprint density at radius 2 is 2.00 bits per heavy atom. The lowest BCUT2D eigenvalue weighted by atomic mass is 10.1. The maximum Gasteiger partial charge on any atom is 0.348 e. The molecule has 0 radical (unpaired) electrons. The van der Waals surface area contributed by atoms with Crippen molar-refractivity contribution in [3.05, 3.63) is 57.8 Å². The molecule has 1 aromatic carbocycles. The predicted molar refractivity (Wildman–Crippen MR) is 92.8 cm³/mol. The molecule has 1 aromatic heterocycles. The summed E-state index contributed by atoms with van der Waals surface area (Å²) in [6.45, 7) is 2.63. The van der Waals surface area contributed by atoms with Gasteiger partial charge in [-0.15, -0.1) is 11.3 Å². The second-order valence-corrected chi connectivity index (χ2v) is 6.70. The number of methoxy groups -OCH3 is 1. The molecule has 0 spiro atoms. The molecule has 2 atom stereocenters. The Balaban J connectivity index is 1.74. The van der Waals surface area contributed by atoms with Crippen LogP contribution in [-0.4, -0.2) is 30.8 Å². The lowest BCUT2D eigenvalue weighted by Crippen LogP contribution is -2.30. The van der Waals surface area contributed by atoms with Crippen LogP contribution in [0.5, 0.6) is 0 Å². The third kappa shape index (κ3) is 5.46. The van der Waals surface area contributed by atoms with E-state index in [1.54, 1.807) is 0 Å². The standard InChI is InChI=1S/C18H23NO3S/c1-13(19-12-16(20)14-6-4-3-5-7-14)8-9-15-10-11-17(23-15)18(21)22-2/h3-7,10-11,13,16,19-20H,8-9,12H2,1-2H3. The number of carbonyl (C=O) groups excluding carboxylic acids is 1. The zero-order valence-corrected chi connectivity index (χ0v) is 14.3. The molecule has 0 saturated carbocycles. The highest BCUT2D eigenvalue weighted by atomic mass is 32.1. The first-order valence-corrected chi connectivity index (χ1v) is 8.55. The van der Waals surface area contributed by atoms with Crippen molar-refractivity contribution in [2.75, 3.05) is 13.7 Å². The molecule has 0 saturated heterocycles. The van der Waals surface area contributed by atoms with Gasteiger partial charge in [0.15, 0.2) is 0 Å². The van der Waals surface area contributed by atoms with E-state index in [1.165, 1.54) is 23.3 Å². The fourth-order valence-corrected chi connectivity index (χ4v) is 3.23. The van der Waals surface area contributed by atoms with Crippen molar-refractivity contribution in [3.63, 3.8) is 0 Å². The van der Waals surface area contributed by atoms with Gasteiger partial charge in [-0.3, -0.25) is 0 Å². The van der Waals surface area contributed by atoms with Gasteiger partial charge < -0.3 is 15.2 Å². The van der Waals surface area contributed by atoms with Gasteiger partial charge in [0.25, 0.3) is 0 Å². The third-order valence-electron chi connectivity index (χ3n) is 3.72. The second-order valence-electron chi connectivity index (χ2n) is 5.53. The van der Waals surface area contributed by atoms with Crippen LogP contribution in [0, 0.1) is 0 Å². The fraction of sp³-hybridized carbons (Fsp3) is 0.389. The summed E-state index contributed by atoms with van der Waals surface area (Å²) in [5, 5.41) is 13.5. The third-order valence-corrected chi connectivity index (χ3v) is 4.84. The monoisotopic (exact) mass is 333 g/mol. The molecule has 0 amide bonds. The minimum atomic E-state index is -0.494. The average molecular weight is 333 g/mol. The molecule has 1 heterocycles. The van der Waals surface area contributed by atoms with Gasteiger partial charge >= 0.3 is 5.97 Å². The Morgan fingerprint density at radius 3 is 2.70 bits per heavy atom. The molecule has 2 N–H and O–H groups in total. The van der Waals surface area contributed by atoms with Crippen molar-refractivity contribution in [2.45, 2.75) is 31.9 Å². The normalized spacial score (nSPS) is 13.5. The number of nitrogens with one attached hydrogen (secondary N) is 1. The van der Waals surface area contributed by atoms with E-state index in [9.17, 15) is 9.90 Å². The summed E-state index contributed by atoms with van der Waals surface area (Å²) in [6.07, 6.45) is 1.35. The molecule has 2 rings (SSSR count). The van der Waals surface area contributed by atoms with Gasteiger partial charge in [0.05, 0.1) is 13.2 Å². The van der Waals surface area contributed by atoms with E-state index in [0.29, 0.717) is 11.4 Å².